The molecule has 0 aliphatic carbocycles. The van der Waals surface area contributed by atoms with Crippen molar-refractivity contribution in [2.45, 2.75) is 32.4 Å². The molecule has 1 rings (SSSR count). The van der Waals surface area contributed by atoms with Crippen molar-refractivity contribution in [3.63, 3.8) is 0 Å². The molecule has 1 unspecified atom stereocenters. The summed E-state index contributed by atoms with van der Waals surface area (Å²) in [5.41, 5.74) is 1.15. The Balaban J connectivity index is 2.67. The zero-order valence-electron chi connectivity index (χ0n) is 10.4. The number of ether oxygens (including phenoxy) is 1. The lowest BCUT2D eigenvalue weighted by molar-refractivity contribution is -0.143. The number of benzene rings is 1. The van der Waals surface area contributed by atoms with Gasteiger partial charge in [-0.2, -0.15) is 0 Å². The van der Waals surface area contributed by atoms with Crippen LogP contribution in [0.3, 0.4) is 0 Å². The summed E-state index contributed by atoms with van der Waals surface area (Å²) in [6, 6.07) is 7.92. The van der Waals surface area contributed by atoms with E-state index < -0.39 is 0 Å². The van der Waals surface area contributed by atoms with Gasteiger partial charge in [0.1, 0.15) is 6.04 Å². The molecule has 1 aromatic rings. The largest absolute Gasteiger partial charge is 0.468 e. The van der Waals surface area contributed by atoms with Gasteiger partial charge in [-0.3, -0.25) is 10.1 Å². The number of carbonyl (C=O) groups excluding carboxylic acids is 1. The summed E-state index contributed by atoms with van der Waals surface area (Å²) < 4.78 is 5.80. The standard InChI is InChI=1S/C13H18BrNO2/c1-4-12(13(16)17-3)15-9(2)10-5-7-11(14)8-6-10/h5-9,12,15H,4H2,1-3H3/t9-,12?/m0/s1. The molecule has 94 valence electrons. The molecule has 0 aliphatic rings. The van der Waals surface area contributed by atoms with Crippen LogP contribution in [-0.4, -0.2) is 19.1 Å². The highest BCUT2D eigenvalue weighted by molar-refractivity contribution is 9.10. The van der Waals surface area contributed by atoms with Gasteiger partial charge in [0.2, 0.25) is 0 Å². The van der Waals surface area contributed by atoms with Crippen molar-refractivity contribution in [2.75, 3.05) is 7.11 Å². The van der Waals surface area contributed by atoms with Crippen LogP contribution in [0.25, 0.3) is 0 Å². The van der Waals surface area contributed by atoms with Crippen LogP contribution in [0.4, 0.5) is 0 Å². The Morgan fingerprint density at radius 2 is 2.00 bits per heavy atom. The Morgan fingerprint density at radius 1 is 1.41 bits per heavy atom. The van der Waals surface area contributed by atoms with E-state index in [0.717, 1.165) is 10.0 Å². The van der Waals surface area contributed by atoms with Gasteiger partial charge in [0, 0.05) is 10.5 Å². The fraction of sp³-hybridized carbons (Fsp3) is 0.462. The summed E-state index contributed by atoms with van der Waals surface area (Å²) in [4.78, 5) is 11.5. The summed E-state index contributed by atoms with van der Waals surface area (Å²) in [6.45, 7) is 4.00. The van der Waals surface area contributed by atoms with E-state index in [-0.39, 0.29) is 18.1 Å². The molecule has 4 heteroatoms. The van der Waals surface area contributed by atoms with Gasteiger partial charge in [-0.15, -0.1) is 0 Å². The highest BCUT2D eigenvalue weighted by Gasteiger charge is 2.19. The van der Waals surface area contributed by atoms with Crippen LogP contribution in [0, 0.1) is 0 Å². The van der Waals surface area contributed by atoms with E-state index in [1.165, 1.54) is 7.11 Å². The molecule has 0 saturated carbocycles. The molecule has 0 spiro atoms. The van der Waals surface area contributed by atoms with Crippen LogP contribution in [0.15, 0.2) is 28.7 Å². The molecule has 0 aromatic heterocycles. The number of halogens is 1. The predicted octanol–water partition coefficient (Wildman–Crippen LogP) is 3.05. The Kier molecular flexibility index (Phi) is 5.65. The van der Waals surface area contributed by atoms with Crippen LogP contribution in [0.1, 0.15) is 31.9 Å². The maximum absolute atomic E-state index is 11.5. The lowest BCUT2D eigenvalue weighted by Crippen LogP contribution is -2.38. The second-order valence-corrected chi connectivity index (χ2v) is 4.84. The molecule has 3 nitrogen and oxygen atoms in total. The quantitative estimate of drug-likeness (QED) is 0.849. The Morgan fingerprint density at radius 3 is 2.47 bits per heavy atom. The third-order valence-corrected chi connectivity index (χ3v) is 3.24. The Bertz CT molecular complexity index is 364. The highest BCUT2D eigenvalue weighted by atomic mass is 79.9. The van der Waals surface area contributed by atoms with Crippen LogP contribution >= 0.6 is 15.9 Å². The molecule has 1 N–H and O–H groups in total. The zero-order chi connectivity index (χ0) is 12.8. The van der Waals surface area contributed by atoms with Crippen molar-refractivity contribution in [1.82, 2.24) is 5.32 Å². The predicted molar refractivity (Wildman–Crippen MR) is 71.8 cm³/mol. The third kappa shape index (κ3) is 4.13. The van der Waals surface area contributed by atoms with E-state index in [1.54, 1.807) is 0 Å². The first-order chi connectivity index (χ1) is 8.08. The van der Waals surface area contributed by atoms with Gasteiger partial charge < -0.3 is 4.74 Å². The van der Waals surface area contributed by atoms with Gasteiger partial charge in [-0.25, -0.2) is 0 Å². The number of hydrogen-bond donors (Lipinski definition) is 1. The highest BCUT2D eigenvalue weighted by Crippen LogP contribution is 2.17. The Hall–Kier alpha value is -0.870. The molecule has 0 fully saturated rings. The molecular weight excluding hydrogens is 282 g/mol. The number of methoxy groups -OCH3 is 1. The van der Waals surface area contributed by atoms with Crippen molar-refractivity contribution in [1.29, 1.82) is 0 Å². The van der Waals surface area contributed by atoms with E-state index >= 15 is 0 Å². The zero-order valence-corrected chi connectivity index (χ0v) is 12.0. The van der Waals surface area contributed by atoms with Crippen molar-refractivity contribution >= 4 is 21.9 Å². The van der Waals surface area contributed by atoms with Gasteiger partial charge in [-0.1, -0.05) is 35.0 Å². The second kappa shape index (κ2) is 6.77. The molecule has 0 saturated heterocycles. The average molecular weight is 300 g/mol. The minimum Gasteiger partial charge on any atom is -0.468 e. The van der Waals surface area contributed by atoms with Crippen LogP contribution in [0.5, 0.6) is 0 Å². The normalized spacial score (nSPS) is 14.1. The van der Waals surface area contributed by atoms with Crippen LogP contribution < -0.4 is 5.32 Å². The topological polar surface area (TPSA) is 38.3 Å². The molecule has 0 bridgehead atoms. The molecule has 0 aliphatic heterocycles. The fourth-order valence-corrected chi connectivity index (χ4v) is 1.91. The van der Waals surface area contributed by atoms with Crippen molar-refractivity contribution in [3.05, 3.63) is 34.3 Å². The van der Waals surface area contributed by atoms with Gasteiger partial charge in [0.25, 0.3) is 0 Å². The summed E-state index contributed by atoms with van der Waals surface area (Å²) >= 11 is 3.40. The number of esters is 1. The van der Waals surface area contributed by atoms with E-state index in [4.69, 9.17) is 4.74 Å². The molecule has 0 radical (unpaired) electrons. The molecule has 0 amide bonds. The van der Waals surface area contributed by atoms with E-state index in [2.05, 4.69) is 21.2 Å². The van der Waals surface area contributed by atoms with Gasteiger partial charge in [-0.05, 0) is 31.0 Å². The average Bonchev–Trinajstić information content (AvgIpc) is 2.35. The van der Waals surface area contributed by atoms with Crippen molar-refractivity contribution in [2.24, 2.45) is 0 Å². The Labute approximate surface area is 111 Å². The molecule has 17 heavy (non-hydrogen) atoms. The maximum Gasteiger partial charge on any atom is 0.322 e. The lowest BCUT2D eigenvalue weighted by atomic mass is 10.1. The second-order valence-electron chi connectivity index (χ2n) is 3.92. The van der Waals surface area contributed by atoms with Crippen molar-refractivity contribution < 1.29 is 9.53 Å². The first-order valence-electron chi connectivity index (χ1n) is 5.67. The molecule has 1 aromatic carbocycles. The number of carbonyl (C=O) groups is 1. The minimum atomic E-state index is -0.251. The van der Waals surface area contributed by atoms with Gasteiger partial charge in [0.05, 0.1) is 7.11 Å². The van der Waals surface area contributed by atoms with E-state index in [9.17, 15) is 4.79 Å². The number of hydrogen-bond acceptors (Lipinski definition) is 3. The van der Waals surface area contributed by atoms with Gasteiger partial charge >= 0.3 is 5.97 Å². The molecule has 0 heterocycles. The maximum atomic E-state index is 11.5. The minimum absolute atomic E-state index is 0.118. The van der Waals surface area contributed by atoms with Gasteiger partial charge in [0.15, 0.2) is 0 Å². The summed E-state index contributed by atoms with van der Waals surface area (Å²) in [7, 11) is 1.41. The number of nitrogens with one attached hydrogen (secondary N) is 1. The lowest BCUT2D eigenvalue weighted by Gasteiger charge is -2.20. The fourth-order valence-electron chi connectivity index (χ4n) is 1.64. The van der Waals surface area contributed by atoms with Crippen LogP contribution in [-0.2, 0) is 9.53 Å². The first-order valence-corrected chi connectivity index (χ1v) is 6.47. The van der Waals surface area contributed by atoms with E-state index in [1.807, 2.05) is 38.1 Å². The smallest absolute Gasteiger partial charge is 0.322 e. The van der Waals surface area contributed by atoms with Crippen LogP contribution in [0.2, 0.25) is 0 Å². The van der Waals surface area contributed by atoms with Crippen molar-refractivity contribution in [3.8, 4) is 0 Å². The summed E-state index contributed by atoms with van der Waals surface area (Å²) in [5.74, 6) is -0.212. The summed E-state index contributed by atoms with van der Waals surface area (Å²) in [6.07, 6.45) is 0.716. The molecule has 2 atom stereocenters. The van der Waals surface area contributed by atoms with E-state index in [0.29, 0.717) is 6.42 Å². The summed E-state index contributed by atoms with van der Waals surface area (Å²) in [5, 5.41) is 3.26. The first kappa shape index (κ1) is 14.2. The SMILES string of the molecule is CCC(N[C@@H](C)c1ccc(Br)cc1)C(=O)OC. The number of rotatable bonds is 5. The monoisotopic (exact) mass is 299 g/mol. The third-order valence-electron chi connectivity index (χ3n) is 2.72. The molecular formula is C13H18BrNO2.